The minimum Gasteiger partial charge on any atom is -0.378 e. The molecule has 0 bridgehead atoms. The van der Waals surface area contributed by atoms with Gasteiger partial charge in [0.2, 0.25) is 0 Å². The second-order valence-corrected chi connectivity index (χ2v) is 2.55. The maximum Gasteiger partial charge on any atom is 0.0991 e. The molecule has 0 aliphatic rings. The Morgan fingerprint density at radius 1 is 1.18 bits per heavy atom. The summed E-state index contributed by atoms with van der Waals surface area (Å²) in [6.07, 6.45) is 0. The van der Waals surface area contributed by atoms with Crippen LogP contribution in [0.4, 0.5) is 5.69 Å². The van der Waals surface area contributed by atoms with Gasteiger partial charge in [-0.2, -0.15) is 5.26 Å². The number of hydrogen-bond donors (Lipinski definition) is 0. The minimum absolute atomic E-state index is 0.704. The third-order valence-corrected chi connectivity index (χ3v) is 1.51. The monoisotopic (exact) mass is 147 g/mol. The molecular weight excluding hydrogens is 137 g/mol. The topological polar surface area (TPSA) is 27.0 Å². The Morgan fingerprint density at radius 2 is 1.73 bits per heavy atom. The van der Waals surface area contributed by atoms with E-state index in [0.29, 0.717) is 5.56 Å². The summed E-state index contributed by atoms with van der Waals surface area (Å²) >= 11 is 0. The van der Waals surface area contributed by atoms with Crippen LogP contribution in [0, 0.1) is 11.3 Å². The molecule has 0 N–H and O–H groups in total. The van der Waals surface area contributed by atoms with Gasteiger partial charge in [0.15, 0.2) is 0 Å². The SMILES string of the molecule is C[15N](C)c1ccc(C#N)cc1. The van der Waals surface area contributed by atoms with Crippen LogP contribution in [0.15, 0.2) is 24.3 Å². The quantitative estimate of drug-likeness (QED) is 0.564. The van der Waals surface area contributed by atoms with Crippen molar-refractivity contribution in [2.75, 3.05) is 19.0 Å². The lowest BCUT2D eigenvalue weighted by atomic mass is 10.2. The summed E-state index contributed by atoms with van der Waals surface area (Å²) < 4.78 is 0. The van der Waals surface area contributed by atoms with E-state index in [1.807, 2.05) is 43.3 Å². The Kier molecular flexibility index (Phi) is 2.12. The molecule has 1 rings (SSSR count). The van der Waals surface area contributed by atoms with Crippen molar-refractivity contribution >= 4 is 5.69 Å². The molecule has 0 aliphatic heterocycles. The molecule has 0 saturated carbocycles. The van der Waals surface area contributed by atoms with Crippen LogP contribution in [0.3, 0.4) is 0 Å². The molecular formula is C9H10N2. The molecule has 0 saturated heterocycles. The summed E-state index contributed by atoms with van der Waals surface area (Å²) in [5, 5.41) is 8.50. The molecule has 0 aliphatic carbocycles. The highest BCUT2D eigenvalue weighted by Crippen LogP contribution is 2.10. The Bertz CT molecular complexity index is 267. The molecule has 2 nitrogen and oxygen atoms in total. The van der Waals surface area contributed by atoms with Crippen LogP contribution < -0.4 is 4.90 Å². The van der Waals surface area contributed by atoms with E-state index in [1.54, 1.807) is 0 Å². The zero-order chi connectivity index (χ0) is 8.27. The van der Waals surface area contributed by atoms with Crippen LogP contribution >= 0.6 is 0 Å². The van der Waals surface area contributed by atoms with Gasteiger partial charge in [-0.1, -0.05) is 0 Å². The van der Waals surface area contributed by atoms with E-state index in [2.05, 4.69) is 6.07 Å². The number of benzene rings is 1. The normalized spacial score (nSPS) is 8.82. The molecule has 56 valence electrons. The zero-order valence-electron chi connectivity index (χ0n) is 6.70. The Labute approximate surface area is 66.7 Å². The standard InChI is InChI=1S/C9H10N2/c1-11(2)9-5-3-8(7-10)4-6-9/h3-6H,1-2H3/i11+1. The summed E-state index contributed by atoms with van der Waals surface area (Å²) in [6, 6.07) is 9.56. The Balaban J connectivity index is 2.94. The summed E-state index contributed by atoms with van der Waals surface area (Å²) in [6.45, 7) is 0. The summed E-state index contributed by atoms with van der Waals surface area (Å²) in [4.78, 5) is 2.00. The van der Waals surface area contributed by atoms with Gasteiger partial charge in [-0.3, -0.25) is 0 Å². The van der Waals surface area contributed by atoms with E-state index in [-0.39, 0.29) is 0 Å². The van der Waals surface area contributed by atoms with Gasteiger partial charge in [-0.05, 0) is 24.3 Å². The Hall–Kier alpha value is -1.49. The molecule has 1 aromatic rings. The third kappa shape index (κ3) is 1.71. The second kappa shape index (κ2) is 3.07. The molecule has 2 heteroatoms. The number of nitrogens with zero attached hydrogens (tertiary/aromatic N) is 2. The zero-order valence-corrected chi connectivity index (χ0v) is 6.70. The highest BCUT2D eigenvalue weighted by molar-refractivity contribution is 5.48. The number of rotatable bonds is 1. The maximum atomic E-state index is 8.50. The lowest BCUT2D eigenvalue weighted by Crippen LogP contribution is -2.07. The first-order chi connectivity index (χ1) is 5.24. The van der Waals surface area contributed by atoms with Crippen LogP contribution in [-0.4, -0.2) is 14.1 Å². The molecule has 1 aromatic carbocycles. The van der Waals surface area contributed by atoms with E-state index in [9.17, 15) is 0 Å². The van der Waals surface area contributed by atoms with Crippen molar-refractivity contribution in [1.82, 2.24) is 0 Å². The van der Waals surface area contributed by atoms with Gasteiger partial charge in [0, 0.05) is 19.8 Å². The molecule has 0 fully saturated rings. The molecule has 0 amide bonds. The predicted molar refractivity (Wildman–Crippen MR) is 45.5 cm³/mol. The molecule has 11 heavy (non-hydrogen) atoms. The van der Waals surface area contributed by atoms with Crippen molar-refractivity contribution in [1.29, 1.82) is 5.26 Å². The van der Waals surface area contributed by atoms with Crippen molar-refractivity contribution in [3.63, 3.8) is 0 Å². The van der Waals surface area contributed by atoms with Crippen LogP contribution in [0.2, 0.25) is 0 Å². The van der Waals surface area contributed by atoms with Gasteiger partial charge < -0.3 is 4.90 Å². The van der Waals surface area contributed by atoms with Gasteiger partial charge in [0.1, 0.15) is 0 Å². The van der Waals surface area contributed by atoms with Crippen molar-refractivity contribution in [3.05, 3.63) is 29.8 Å². The molecule has 0 aromatic heterocycles. The first kappa shape index (κ1) is 7.62. The smallest absolute Gasteiger partial charge is 0.0991 e. The van der Waals surface area contributed by atoms with Crippen molar-refractivity contribution in [2.45, 2.75) is 0 Å². The fourth-order valence-corrected chi connectivity index (χ4v) is 0.834. The van der Waals surface area contributed by atoms with Crippen LogP contribution in [-0.2, 0) is 0 Å². The summed E-state index contributed by atoms with van der Waals surface area (Å²) in [5.74, 6) is 0. The summed E-state index contributed by atoms with van der Waals surface area (Å²) in [7, 11) is 3.95. The molecule has 0 atom stereocenters. The maximum absolute atomic E-state index is 8.50. The van der Waals surface area contributed by atoms with Crippen molar-refractivity contribution in [2.24, 2.45) is 0 Å². The average Bonchev–Trinajstić information content (AvgIpc) is 2.05. The number of anilines is 1. The largest absolute Gasteiger partial charge is 0.378 e. The van der Waals surface area contributed by atoms with E-state index in [0.717, 1.165) is 5.69 Å². The first-order valence-electron chi connectivity index (χ1n) is 3.41. The van der Waals surface area contributed by atoms with E-state index in [1.165, 1.54) is 0 Å². The van der Waals surface area contributed by atoms with Crippen LogP contribution in [0.25, 0.3) is 0 Å². The highest BCUT2D eigenvalue weighted by Gasteiger charge is 1.93. The van der Waals surface area contributed by atoms with Gasteiger partial charge in [-0.15, -0.1) is 0 Å². The average molecular weight is 147 g/mol. The van der Waals surface area contributed by atoms with E-state index < -0.39 is 0 Å². The fraction of sp³-hybridized carbons (Fsp3) is 0.222. The van der Waals surface area contributed by atoms with Gasteiger partial charge in [0.05, 0.1) is 11.6 Å². The predicted octanol–water partition coefficient (Wildman–Crippen LogP) is 1.62. The second-order valence-electron chi connectivity index (χ2n) is 2.55. The number of nitriles is 1. The van der Waals surface area contributed by atoms with Crippen LogP contribution in [0.5, 0.6) is 0 Å². The van der Waals surface area contributed by atoms with Gasteiger partial charge >= 0.3 is 0 Å². The van der Waals surface area contributed by atoms with Gasteiger partial charge in [-0.25, -0.2) is 0 Å². The fourth-order valence-electron chi connectivity index (χ4n) is 0.834. The highest BCUT2D eigenvalue weighted by atomic mass is 15.8. The minimum atomic E-state index is 0.704. The number of hydrogen-bond acceptors (Lipinski definition) is 2. The first-order valence-corrected chi connectivity index (χ1v) is 3.41. The van der Waals surface area contributed by atoms with Gasteiger partial charge in [0.25, 0.3) is 0 Å². The molecule has 0 radical (unpaired) electrons. The third-order valence-electron chi connectivity index (χ3n) is 1.51. The molecule has 0 heterocycles. The molecule has 0 unspecified atom stereocenters. The van der Waals surface area contributed by atoms with Crippen molar-refractivity contribution < 1.29 is 0 Å². The lowest BCUT2D eigenvalue weighted by molar-refractivity contribution is 1.13. The van der Waals surface area contributed by atoms with Crippen molar-refractivity contribution in [3.8, 4) is 6.07 Å². The molecule has 0 spiro atoms. The van der Waals surface area contributed by atoms with E-state index in [4.69, 9.17) is 5.26 Å². The summed E-state index contributed by atoms with van der Waals surface area (Å²) in [5.41, 5.74) is 1.82. The van der Waals surface area contributed by atoms with E-state index >= 15 is 0 Å². The van der Waals surface area contributed by atoms with Crippen LogP contribution in [0.1, 0.15) is 5.56 Å². The Morgan fingerprint density at radius 3 is 2.09 bits per heavy atom. The lowest BCUT2D eigenvalue weighted by Gasteiger charge is -2.11.